The van der Waals surface area contributed by atoms with E-state index in [0.717, 1.165) is 24.2 Å². The summed E-state index contributed by atoms with van der Waals surface area (Å²) in [6.45, 7) is 8.17. The van der Waals surface area contributed by atoms with Gasteiger partial charge < -0.3 is 15.2 Å². The molecule has 0 bridgehead atoms. The van der Waals surface area contributed by atoms with E-state index in [1.165, 1.54) is 38.5 Å². The summed E-state index contributed by atoms with van der Waals surface area (Å²) < 4.78 is 5.90. The van der Waals surface area contributed by atoms with Crippen molar-refractivity contribution in [2.45, 2.75) is 84.0 Å². The van der Waals surface area contributed by atoms with E-state index >= 15 is 0 Å². The Morgan fingerprint density at radius 3 is 2.57 bits per heavy atom. The SMILES string of the molecule is CC1CCCC(OCC(O)CNC2CCC(C)C(C)C2)C1. The second-order valence-electron chi connectivity index (χ2n) is 7.75. The molecule has 0 saturated heterocycles. The zero-order valence-corrected chi connectivity index (χ0v) is 14.2. The van der Waals surface area contributed by atoms with Crippen LogP contribution in [0.3, 0.4) is 0 Å². The molecular formula is C18H35NO2. The Balaban J connectivity index is 1.58. The van der Waals surface area contributed by atoms with Crippen LogP contribution in [0.5, 0.6) is 0 Å². The highest BCUT2D eigenvalue weighted by Gasteiger charge is 2.25. The molecule has 3 heteroatoms. The first-order valence-corrected chi connectivity index (χ1v) is 9.07. The third-order valence-electron chi connectivity index (χ3n) is 5.65. The smallest absolute Gasteiger partial charge is 0.0897 e. The quantitative estimate of drug-likeness (QED) is 0.790. The van der Waals surface area contributed by atoms with Crippen molar-refractivity contribution in [3.05, 3.63) is 0 Å². The Hall–Kier alpha value is -0.120. The largest absolute Gasteiger partial charge is 0.389 e. The molecule has 21 heavy (non-hydrogen) atoms. The average molecular weight is 297 g/mol. The van der Waals surface area contributed by atoms with Gasteiger partial charge in [0.05, 0.1) is 18.8 Å². The second kappa shape index (κ2) is 8.50. The lowest BCUT2D eigenvalue weighted by atomic mass is 9.79. The van der Waals surface area contributed by atoms with Gasteiger partial charge in [0.1, 0.15) is 0 Å². The molecule has 2 fully saturated rings. The van der Waals surface area contributed by atoms with Crippen LogP contribution in [0.1, 0.15) is 65.7 Å². The van der Waals surface area contributed by atoms with Crippen LogP contribution in [0.25, 0.3) is 0 Å². The molecule has 6 atom stereocenters. The molecular weight excluding hydrogens is 262 g/mol. The number of hydrogen-bond acceptors (Lipinski definition) is 3. The molecule has 2 saturated carbocycles. The number of aliphatic hydroxyl groups excluding tert-OH is 1. The summed E-state index contributed by atoms with van der Waals surface area (Å²) in [7, 11) is 0. The first-order valence-electron chi connectivity index (χ1n) is 9.07. The van der Waals surface area contributed by atoms with Gasteiger partial charge in [-0.25, -0.2) is 0 Å². The molecule has 2 aliphatic carbocycles. The van der Waals surface area contributed by atoms with Crippen molar-refractivity contribution in [3.63, 3.8) is 0 Å². The Bertz CT molecular complexity index is 297. The Kier molecular flexibility index (Phi) is 6.97. The maximum absolute atomic E-state index is 10.1. The van der Waals surface area contributed by atoms with Crippen molar-refractivity contribution in [2.75, 3.05) is 13.2 Å². The average Bonchev–Trinajstić information content (AvgIpc) is 2.46. The molecule has 3 nitrogen and oxygen atoms in total. The van der Waals surface area contributed by atoms with Gasteiger partial charge in [0, 0.05) is 12.6 Å². The molecule has 0 heterocycles. The van der Waals surface area contributed by atoms with E-state index in [9.17, 15) is 5.11 Å². The van der Waals surface area contributed by atoms with Gasteiger partial charge >= 0.3 is 0 Å². The van der Waals surface area contributed by atoms with Crippen molar-refractivity contribution in [1.82, 2.24) is 5.32 Å². The van der Waals surface area contributed by atoms with E-state index in [4.69, 9.17) is 4.74 Å². The zero-order chi connectivity index (χ0) is 15.2. The fourth-order valence-electron chi connectivity index (χ4n) is 3.87. The molecule has 2 N–H and O–H groups in total. The normalized spacial score (nSPS) is 39.1. The Morgan fingerprint density at radius 1 is 1.05 bits per heavy atom. The number of hydrogen-bond donors (Lipinski definition) is 2. The first kappa shape index (κ1) is 17.2. The molecule has 2 rings (SSSR count). The number of ether oxygens (including phenoxy) is 1. The Morgan fingerprint density at radius 2 is 1.86 bits per heavy atom. The van der Waals surface area contributed by atoms with Crippen LogP contribution >= 0.6 is 0 Å². The lowest BCUT2D eigenvalue weighted by Crippen LogP contribution is -2.41. The summed E-state index contributed by atoms with van der Waals surface area (Å²) in [6, 6.07) is 0.584. The minimum Gasteiger partial charge on any atom is -0.389 e. The molecule has 124 valence electrons. The first-order chi connectivity index (χ1) is 10.0. The number of rotatable bonds is 6. The standard InChI is InChI=1S/C18H35NO2/c1-13-5-4-6-18(9-13)21-12-17(20)11-19-16-8-7-14(2)15(3)10-16/h13-20H,4-12H2,1-3H3. The molecule has 2 aliphatic rings. The highest BCUT2D eigenvalue weighted by Crippen LogP contribution is 2.29. The lowest BCUT2D eigenvalue weighted by molar-refractivity contribution is -0.0316. The van der Waals surface area contributed by atoms with E-state index in [-0.39, 0.29) is 6.10 Å². The maximum Gasteiger partial charge on any atom is 0.0897 e. The van der Waals surface area contributed by atoms with Gasteiger partial charge in [-0.2, -0.15) is 0 Å². The van der Waals surface area contributed by atoms with Crippen LogP contribution in [0.2, 0.25) is 0 Å². The van der Waals surface area contributed by atoms with E-state index in [2.05, 4.69) is 26.1 Å². The van der Waals surface area contributed by atoms with Gasteiger partial charge in [0.25, 0.3) is 0 Å². The van der Waals surface area contributed by atoms with Gasteiger partial charge in [-0.05, 0) is 49.9 Å². The molecule has 6 unspecified atom stereocenters. The van der Waals surface area contributed by atoms with Crippen LogP contribution in [-0.2, 0) is 4.74 Å². The van der Waals surface area contributed by atoms with Crippen molar-refractivity contribution >= 4 is 0 Å². The van der Waals surface area contributed by atoms with Crippen LogP contribution in [0, 0.1) is 17.8 Å². The van der Waals surface area contributed by atoms with E-state index in [0.29, 0.717) is 25.3 Å². The summed E-state index contributed by atoms with van der Waals surface area (Å²) >= 11 is 0. The van der Waals surface area contributed by atoms with Gasteiger partial charge in [-0.3, -0.25) is 0 Å². The molecule has 0 spiro atoms. The predicted octanol–water partition coefficient (Wildman–Crippen LogP) is 3.36. The zero-order valence-electron chi connectivity index (χ0n) is 14.2. The fraction of sp³-hybridized carbons (Fsp3) is 1.00. The lowest BCUT2D eigenvalue weighted by Gasteiger charge is -2.33. The Labute approximate surface area is 130 Å². The summed E-state index contributed by atoms with van der Waals surface area (Å²) in [6.07, 6.45) is 8.76. The fourth-order valence-corrected chi connectivity index (χ4v) is 3.87. The summed E-state index contributed by atoms with van der Waals surface area (Å²) in [5, 5.41) is 13.6. The number of nitrogens with one attached hydrogen (secondary N) is 1. The van der Waals surface area contributed by atoms with Gasteiger partial charge in [-0.1, -0.05) is 33.6 Å². The third-order valence-corrected chi connectivity index (χ3v) is 5.65. The molecule has 0 amide bonds. The monoisotopic (exact) mass is 297 g/mol. The second-order valence-corrected chi connectivity index (χ2v) is 7.75. The van der Waals surface area contributed by atoms with Crippen molar-refractivity contribution in [3.8, 4) is 0 Å². The topological polar surface area (TPSA) is 41.5 Å². The van der Waals surface area contributed by atoms with E-state index in [1.54, 1.807) is 0 Å². The van der Waals surface area contributed by atoms with Crippen LogP contribution < -0.4 is 5.32 Å². The van der Waals surface area contributed by atoms with Crippen LogP contribution in [-0.4, -0.2) is 36.5 Å². The van der Waals surface area contributed by atoms with Gasteiger partial charge in [0.15, 0.2) is 0 Å². The van der Waals surface area contributed by atoms with Crippen molar-refractivity contribution in [1.29, 1.82) is 0 Å². The number of aliphatic hydroxyl groups is 1. The van der Waals surface area contributed by atoms with Gasteiger partial charge in [0.2, 0.25) is 0 Å². The highest BCUT2D eigenvalue weighted by molar-refractivity contribution is 4.80. The summed E-state index contributed by atoms with van der Waals surface area (Å²) in [5.74, 6) is 2.43. The van der Waals surface area contributed by atoms with Crippen LogP contribution in [0.4, 0.5) is 0 Å². The van der Waals surface area contributed by atoms with E-state index < -0.39 is 0 Å². The van der Waals surface area contributed by atoms with Crippen molar-refractivity contribution < 1.29 is 9.84 Å². The minimum atomic E-state index is -0.364. The third kappa shape index (κ3) is 5.88. The van der Waals surface area contributed by atoms with E-state index in [1.807, 2.05) is 0 Å². The van der Waals surface area contributed by atoms with Crippen LogP contribution in [0.15, 0.2) is 0 Å². The molecule has 0 aromatic rings. The molecule has 0 radical (unpaired) electrons. The molecule has 0 aromatic heterocycles. The molecule has 0 aliphatic heterocycles. The molecule has 0 aromatic carbocycles. The predicted molar refractivity (Wildman–Crippen MR) is 87.3 cm³/mol. The summed E-state index contributed by atoms with van der Waals surface area (Å²) in [4.78, 5) is 0. The van der Waals surface area contributed by atoms with Gasteiger partial charge in [-0.15, -0.1) is 0 Å². The van der Waals surface area contributed by atoms with Crippen molar-refractivity contribution in [2.24, 2.45) is 17.8 Å². The minimum absolute atomic E-state index is 0.364. The summed E-state index contributed by atoms with van der Waals surface area (Å²) in [5.41, 5.74) is 0. The maximum atomic E-state index is 10.1. The highest BCUT2D eigenvalue weighted by atomic mass is 16.5.